The Bertz CT molecular complexity index is 720. The van der Waals surface area contributed by atoms with Crippen molar-refractivity contribution in [3.05, 3.63) is 36.0 Å². The van der Waals surface area contributed by atoms with Gasteiger partial charge >= 0.3 is 5.97 Å². The maximum Gasteiger partial charge on any atom is 0.338 e. The van der Waals surface area contributed by atoms with E-state index in [9.17, 15) is 4.79 Å². The molecule has 7 nitrogen and oxygen atoms in total. The van der Waals surface area contributed by atoms with Gasteiger partial charge in [0, 0.05) is 18.8 Å². The molecular formula is C18H23N5O2. The van der Waals surface area contributed by atoms with E-state index in [0.29, 0.717) is 24.0 Å². The van der Waals surface area contributed by atoms with E-state index in [1.165, 1.54) is 12.8 Å². The van der Waals surface area contributed by atoms with Crippen LogP contribution in [-0.4, -0.2) is 40.8 Å². The summed E-state index contributed by atoms with van der Waals surface area (Å²) < 4.78 is 4.98. The van der Waals surface area contributed by atoms with Gasteiger partial charge in [0.15, 0.2) is 5.82 Å². The molecule has 132 valence electrons. The summed E-state index contributed by atoms with van der Waals surface area (Å²) in [5.74, 6) is 1.62. The van der Waals surface area contributed by atoms with E-state index in [2.05, 4.69) is 32.3 Å². The monoisotopic (exact) mass is 341 g/mol. The Hall–Kier alpha value is -2.70. The minimum atomic E-state index is -0.326. The Morgan fingerprint density at radius 2 is 2.16 bits per heavy atom. The summed E-state index contributed by atoms with van der Waals surface area (Å²) in [4.78, 5) is 18.5. The molecule has 0 radical (unpaired) electrons. The van der Waals surface area contributed by atoms with E-state index < -0.39 is 0 Å². The average Bonchev–Trinajstić information content (AvgIpc) is 2.63. The zero-order chi connectivity index (χ0) is 17.6. The van der Waals surface area contributed by atoms with E-state index in [0.717, 1.165) is 24.6 Å². The van der Waals surface area contributed by atoms with Crippen LogP contribution in [0.15, 0.2) is 30.5 Å². The first-order chi connectivity index (χ1) is 12.2. The van der Waals surface area contributed by atoms with Crippen LogP contribution in [-0.2, 0) is 4.74 Å². The summed E-state index contributed by atoms with van der Waals surface area (Å²) in [5.41, 5.74) is 1.31. The standard InChI is InChI=1S/C18H23N5O2/c1-3-25-17(24)14-6-8-15(9-7-14)20-18-21-16(11-19-22-18)23-10-4-5-13(2)12-23/h6-9,11,13H,3-5,10,12H2,1-2H3,(H,20,21,22). The van der Waals surface area contributed by atoms with Crippen LogP contribution >= 0.6 is 0 Å². The van der Waals surface area contributed by atoms with Crippen molar-refractivity contribution in [1.82, 2.24) is 15.2 Å². The Kier molecular flexibility index (Phi) is 5.42. The van der Waals surface area contributed by atoms with Crippen molar-refractivity contribution < 1.29 is 9.53 Å². The van der Waals surface area contributed by atoms with E-state index in [4.69, 9.17) is 4.74 Å². The third kappa shape index (κ3) is 4.43. The lowest BCUT2D eigenvalue weighted by Gasteiger charge is -2.31. The number of piperidine rings is 1. The van der Waals surface area contributed by atoms with Crippen molar-refractivity contribution in [1.29, 1.82) is 0 Å². The highest BCUT2D eigenvalue weighted by Gasteiger charge is 2.18. The number of hydrogen-bond donors (Lipinski definition) is 1. The molecular weight excluding hydrogens is 318 g/mol. The number of hydrogen-bond acceptors (Lipinski definition) is 7. The molecule has 0 bridgehead atoms. The molecule has 1 atom stereocenters. The van der Waals surface area contributed by atoms with Crippen molar-refractivity contribution in [3.63, 3.8) is 0 Å². The van der Waals surface area contributed by atoms with Crippen molar-refractivity contribution in [2.45, 2.75) is 26.7 Å². The molecule has 0 spiro atoms. The Labute approximate surface area is 147 Å². The van der Waals surface area contributed by atoms with Crippen molar-refractivity contribution in [3.8, 4) is 0 Å². The predicted octanol–water partition coefficient (Wildman–Crippen LogP) is 3.03. The minimum Gasteiger partial charge on any atom is -0.462 e. The number of carbonyl (C=O) groups is 1. The van der Waals surface area contributed by atoms with Crippen molar-refractivity contribution in [2.24, 2.45) is 5.92 Å². The highest BCUT2D eigenvalue weighted by atomic mass is 16.5. The van der Waals surface area contributed by atoms with Gasteiger partial charge in [-0.3, -0.25) is 0 Å². The number of nitrogens with one attached hydrogen (secondary N) is 1. The summed E-state index contributed by atoms with van der Waals surface area (Å²) in [7, 11) is 0. The molecule has 2 heterocycles. The van der Waals surface area contributed by atoms with Gasteiger partial charge in [0.25, 0.3) is 0 Å². The van der Waals surface area contributed by atoms with Crippen LogP contribution in [0.5, 0.6) is 0 Å². The number of nitrogens with zero attached hydrogens (tertiary/aromatic N) is 4. The molecule has 0 amide bonds. The van der Waals surface area contributed by atoms with Crippen LogP contribution < -0.4 is 10.2 Å². The van der Waals surface area contributed by atoms with Gasteiger partial charge in [-0.15, -0.1) is 5.10 Å². The van der Waals surface area contributed by atoms with Crippen molar-refractivity contribution >= 4 is 23.4 Å². The first-order valence-electron chi connectivity index (χ1n) is 8.64. The van der Waals surface area contributed by atoms with Crippen LogP contribution in [0.1, 0.15) is 37.0 Å². The summed E-state index contributed by atoms with van der Waals surface area (Å²) in [5, 5.41) is 11.2. The van der Waals surface area contributed by atoms with Gasteiger partial charge in [0.1, 0.15) is 0 Å². The second kappa shape index (κ2) is 7.92. The lowest BCUT2D eigenvalue weighted by Crippen LogP contribution is -2.35. The number of esters is 1. The normalized spacial score (nSPS) is 17.2. The number of ether oxygens (including phenoxy) is 1. The third-order valence-corrected chi connectivity index (χ3v) is 4.18. The van der Waals surface area contributed by atoms with Crippen LogP contribution in [0, 0.1) is 5.92 Å². The molecule has 1 aliphatic heterocycles. The van der Waals surface area contributed by atoms with Crippen LogP contribution in [0.3, 0.4) is 0 Å². The zero-order valence-corrected chi connectivity index (χ0v) is 14.6. The lowest BCUT2D eigenvalue weighted by molar-refractivity contribution is 0.0526. The molecule has 1 N–H and O–H groups in total. The van der Waals surface area contributed by atoms with E-state index in [1.807, 2.05) is 0 Å². The molecule has 1 aromatic carbocycles. The number of aromatic nitrogens is 3. The SMILES string of the molecule is CCOC(=O)c1ccc(Nc2nncc(N3CCCC(C)C3)n2)cc1. The largest absolute Gasteiger partial charge is 0.462 e. The molecule has 7 heteroatoms. The Morgan fingerprint density at radius 1 is 1.36 bits per heavy atom. The maximum atomic E-state index is 11.7. The lowest BCUT2D eigenvalue weighted by atomic mass is 10.0. The second-order valence-corrected chi connectivity index (χ2v) is 6.25. The number of anilines is 3. The molecule has 1 aromatic heterocycles. The Balaban J connectivity index is 1.68. The molecule has 25 heavy (non-hydrogen) atoms. The fourth-order valence-corrected chi connectivity index (χ4v) is 2.93. The molecule has 1 aliphatic rings. The topological polar surface area (TPSA) is 80.2 Å². The number of rotatable bonds is 5. The fourth-order valence-electron chi connectivity index (χ4n) is 2.93. The summed E-state index contributed by atoms with van der Waals surface area (Å²) >= 11 is 0. The van der Waals surface area contributed by atoms with Crippen molar-refractivity contribution in [2.75, 3.05) is 29.9 Å². The number of carbonyl (C=O) groups excluding carboxylic acids is 1. The van der Waals surface area contributed by atoms with Gasteiger partial charge < -0.3 is 15.0 Å². The van der Waals surface area contributed by atoms with Gasteiger partial charge in [-0.2, -0.15) is 10.1 Å². The van der Waals surface area contributed by atoms with Gasteiger partial charge in [0.05, 0.1) is 18.4 Å². The average molecular weight is 341 g/mol. The van der Waals surface area contributed by atoms with Crippen LogP contribution in [0.4, 0.5) is 17.5 Å². The third-order valence-electron chi connectivity index (χ3n) is 4.18. The molecule has 1 saturated heterocycles. The maximum absolute atomic E-state index is 11.7. The molecule has 2 aromatic rings. The highest BCUT2D eigenvalue weighted by molar-refractivity contribution is 5.89. The summed E-state index contributed by atoms with van der Waals surface area (Å²) in [6, 6.07) is 7.02. The molecule has 0 aliphatic carbocycles. The minimum absolute atomic E-state index is 0.326. The highest BCUT2D eigenvalue weighted by Crippen LogP contribution is 2.22. The number of benzene rings is 1. The zero-order valence-electron chi connectivity index (χ0n) is 14.6. The molecule has 0 saturated carbocycles. The Morgan fingerprint density at radius 3 is 2.88 bits per heavy atom. The summed E-state index contributed by atoms with van der Waals surface area (Å²) in [6.45, 7) is 6.39. The van der Waals surface area contributed by atoms with Crippen LogP contribution in [0.2, 0.25) is 0 Å². The first-order valence-corrected chi connectivity index (χ1v) is 8.64. The summed E-state index contributed by atoms with van der Waals surface area (Å²) in [6.07, 6.45) is 4.13. The van der Waals surface area contributed by atoms with E-state index >= 15 is 0 Å². The fraction of sp³-hybridized carbons (Fsp3) is 0.444. The quantitative estimate of drug-likeness (QED) is 0.837. The molecule has 1 fully saturated rings. The van der Waals surface area contributed by atoms with Gasteiger partial charge in [-0.1, -0.05) is 6.92 Å². The molecule has 3 rings (SSSR count). The first kappa shape index (κ1) is 17.1. The molecule has 1 unspecified atom stereocenters. The van der Waals surface area contributed by atoms with E-state index in [1.54, 1.807) is 37.4 Å². The smallest absolute Gasteiger partial charge is 0.338 e. The van der Waals surface area contributed by atoms with Gasteiger partial charge in [0.2, 0.25) is 5.95 Å². The van der Waals surface area contributed by atoms with Gasteiger partial charge in [-0.05, 0) is 49.9 Å². The van der Waals surface area contributed by atoms with Crippen LogP contribution in [0.25, 0.3) is 0 Å². The van der Waals surface area contributed by atoms with Gasteiger partial charge in [-0.25, -0.2) is 4.79 Å². The predicted molar refractivity (Wildman–Crippen MR) is 96.1 cm³/mol. The van der Waals surface area contributed by atoms with E-state index in [-0.39, 0.29) is 5.97 Å². The second-order valence-electron chi connectivity index (χ2n) is 6.25.